The van der Waals surface area contributed by atoms with Crippen molar-refractivity contribution in [2.45, 2.75) is 19.9 Å². The molecule has 3 rings (SSSR count). The molecule has 0 spiro atoms. The third-order valence-corrected chi connectivity index (χ3v) is 5.40. The summed E-state index contributed by atoms with van der Waals surface area (Å²) in [4.78, 5) is 40.5. The summed E-state index contributed by atoms with van der Waals surface area (Å²) >= 11 is 6.05. The van der Waals surface area contributed by atoms with Gasteiger partial charge in [0.05, 0.1) is 10.6 Å². The molecule has 0 saturated carbocycles. The van der Waals surface area contributed by atoms with E-state index in [4.69, 9.17) is 11.6 Å². The van der Waals surface area contributed by atoms with Crippen LogP contribution >= 0.6 is 11.6 Å². The number of amides is 2. The summed E-state index contributed by atoms with van der Waals surface area (Å²) in [6, 6.07) is 13.6. The van der Waals surface area contributed by atoms with Gasteiger partial charge in [0.15, 0.2) is 5.78 Å². The van der Waals surface area contributed by atoms with E-state index in [-0.39, 0.29) is 17.6 Å². The van der Waals surface area contributed by atoms with Gasteiger partial charge in [-0.1, -0.05) is 23.7 Å². The number of halogens is 1. The molecule has 0 aromatic heterocycles. The van der Waals surface area contributed by atoms with Gasteiger partial charge in [-0.05, 0) is 50.2 Å². The molecule has 29 heavy (non-hydrogen) atoms. The molecule has 0 aliphatic carbocycles. The van der Waals surface area contributed by atoms with Crippen molar-refractivity contribution in [3.63, 3.8) is 0 Å². The third kappa shape index (κ3) is 4.95. The zero-order valence-electron chi connectivity index (χ0n) is 16.5. The maximum absolute atomic E-state index is 12.7. The molecular formula is C22H24ClN3O3. The lowest BCUT2D eigenvalue weighted by Gasteiger charge is -2.37. The van der Waals surface area contributed by atoms with Crippen LogP contribution in [0.1, 0.15) is 34.6 Å². The zero-order chi connectivity index (χ0) is 21.0. The van der Waals surface area contributed by atoms with Crippen LogP contribution in [0.15, 0.2) is 48.5 Å². The van der Waals surface area contributed by atoms with E-state index in [1.807, 2.05) is 24.3 Å². The van der Waals surface area contributed by atoms with Crippen LogP contribution in [0, 0.1) is 0 Å². The number of nitrogens with one attached hydrogen (secondary N) is 1. The average molecular weight is 414 g/mol. The molecule has 0 unspecified atom stereocenters. The minimum Gasteiger partial charge on any atom is -0.368 e. The van der Waals surface area contributed by atoms with Gasteiger partial charge < -0.3 is 15.1 Å². The quantitative estimate of drug-likeness (QED) is 0.765. The fourth-order valence-corrected chi connectivity index (χ4v) is 3.57. The van der Waals surface area contributed by atoms with Crippen molar-refractivity contribution >= 4 is 34.9 Å². The number of Topliss-reactive ketones (excluding diaryl/α,β-unsaturated/α-hetero) is 1. The summed E-state index contributed by atoms with van der Waals surface area (Å²) in [7, 11) is 0. The highest BCUT2D eigenvalue weighted by Crippen LogP contribution is 2.18. The summed E-state index contributed by atoms with van der Waals surface area (Å²) < 4.78 is 0. The second kappa shape index (κ2) is 9.09. The Morgan fingerprint density at radius 2 is 1.59 bits per heavy atom. The molecule has 0 bridgehead atoms. The minimum absolute atomic E-state index is 0.0415. The second-order valence-corrected chi connectivity index (χ2v) is 7.50. The first-order valence-corrected chi connectivity index (χ1v) is 9.94. The molecule has 1 saturated heterocycles. The average Bonchev–Trinajstić information content (AvgIpc) is 2.73. The summed E-state index contributed by atoms with van der Waals surface area (Å²) in [6.45, 7) is 5.75. The van der Waals surface area contributed by atoms with Crippen molar-refractivity contribution in [3.8, 4) is 0 Å². The fourth-order valence-electron chi connectivity index (χ4n) is 3.35. The van der Waals surface area contributed by atoms with Gasteiger partial charge >= 0.3 is 0 Å². The van der Waals surface area contributed by atoms with E-state index in [1.54, 1.807) is 43.0 Å². The molecule has 1 heterocycles. The lowest BCUT2D eigenvalue weighted by molar-refractivity contribution is -0.133. The van der Waals surface area contributed by atoms with E-state index in [1.165, 1.54) is 0 Å². The number of ketones is 1. The molecule has 1 aliphatic heterocycles. The SMILES string of the molecule is CC(=O)c1ccc(N2CCN(C(=O)[C@@H](C)NC(=O)c3ccccc3Cl)CC2)cc1. The predicted octanol–water partition coefficient (Wildman–Crippen LogP) is 3.01. The van der Waals surface area contributed by atoms with Crippen LogP contribution in [-0.2, 0) is 4.79 Å². The Balaban J connectivity index is 1.54. The van der Waals surface area contributed by atoms with Gasteiger partial charge in [-0.25, -0.2) is 0 Å². The summed E-state index contributed by atoms with van der Waals surface area (Å²) in [6.07, 6.45) is 0. The maximum Gasteiger partial charge on any atom is 0.253 e. The van der Waals surface area contributed by atoms with E-state index >= 15 is 0 Å². The topological polar surface area (TPSA) is 69.7 Å². The van der Waals surface area contributed by atoms with Gasteiger partial charge in [-0.2, -0.15) is 0 Å². The number of carbonyl (C=O) groups excluding carboxylic acids is 3. The van der Waals surface area contributed by atoms with Gasteiger partial charge in [-0.3, -0.25) is 14.4 Å². The van der Waals surface area contributed by atoms with Crippen LogP contribution in [0.3, 0.4) is 0 Å². The smallest absolute Gasteiger partial charge is 0.253 e. The number of anilines is 1. The van der Waals surface area contributed by atoms with Crippen molar-refractivity contribution in [2.75, 3.05) is 31.1 Å². The molecule has 6 nitrogen and oxygen atoms in total. The van der Waals surface area contributed by atoms with Crippen LogP contribution in [0.4, 0.5) is 5.69 Å². The minimum atomic E-state index is -0.639. The maximum atomic E-state index is 12.7. The number of nitrogens with zero attached hydrogens (tertiary/aromatic N) is 2. The Labute approximate surface area is 175 Å². The number of hydrogen-bond acceptors (Lipinski definition) is 4. The van der Waals surface area contributed by atoms with E-state index < -0.39 is 6.04 Å². The highest BCUT2D eigenvalue weighted by Gasteiger charge is 2.26. The number of benzene rings is 2. The van der Waals surface area contributed by atoms with Crippen molar-refractivity contribution in [2.24, 2.45) is 0 Å². The van der Waals surface area contributed by atoms with Gasteiger partial charge in [0.25, 0.3) is 5.91 Å². The van der Waals surface area contributed by atoms with Crippen LogP contribution < -0.4 is 10.2 Å². The normalized spacial score (nSPS) is 15.0. The highest BCUT2D eigenvalue weighted by atomic mass is 35.5. The first-order chi connectivity index (χ1) is 13.9. The van der Waals surface area contributed by atoms with Crippen LogP contribution in [0.5, 0.6) is 0 Å². The molecule has 2 amide bonds. The van der Waals surface area contributed by atoms with Crippen LogP contribution in [0.2, 0.25) is 5.02 Å². The Bertz CT molecular complexity index is 906. The monoisotopic (exact) mass is 413 g/mol. The Morgan fingerprint density at radius 1 is 0.966 bits per heavy atom. The molecule has 1 atom stereocenters. The molecule has 1 aliphatic rings. The predicted molar refractivity (Wildman–Crippen MR) is 114 cm³/mol. The summed E-state index contributed by atoms with van der Waals surface area (Å²) in [5, 5.41) is 3.09. The van der Waals surface area contributed by atoms with Gasteiger partial charge in [-0.15, -0.1) is 0 Å². The zero-order valence-corrected chi connectivity index (χ0v) is 17.3. The molecule has 0 radical (unpaired) electrons. The number of piperazine rings is 1. The van der Waals surface area contributed by atoms with E-state index in [0.717, 1.165) is 5.69 Å². The van der Waals surface area contributed by atoms with Gasteiger partial charge in [0, 0.05) is 37.4 Å². The van der Waals surface area contributed by atoms with E-state index in [0.29, 0.717) is 42.3 Å². The van der Waals surface area contributed by atoms with E-state index in [9.17, 15) is 14.4 Å². The largest absolute Gasteiger partial charge is 0.368 e. The van der Waals surface area contributed by atoms with Gasteiger partial charge in [0.1, 0.15) is 6.04 Å². The standard InChI is InChI=1S/C22H24ClN3O3/c1-15(24-21(28)19-5-3-4-6-20(19)23)22(29)26-13-11-25(12-14-26)18-9-7-17(8-10-18)16(2)27/h3-10,15H,11-14H2,1-2H3,(H,24,28)/t15-/m1/s1. The molecule has 152 valence electrons. The Hall–Kier alpha value is -2.86. The molecule has 1 fully saturated rings. The third-order valence-electron chi connectivity index (χ3n) is 5.07. The first kappa shape index (κ1) is 20.9. The van der Waals surface area contributed by atoms with Crippen LogP contribution in [-0.4, -0.2) is 54.7 Å². The molecule has 7 heteroatoms. The lowest BCUT2D eigenvalue weighted by atomic mass is 10.1. The molecular weight excluding hydrogens is 390 g/mol. The fraction of sp³-hybridized carbons (Fsp3) is 0.318. The van der Waals surface area contributed by atoms with Gasteiger partial charge in [0.2, 0.25) is 5.91 Å². The molecule has 2 aromatic rings. The van der Waals surface area contributed by atoms with Crippen molar-refractivity contribution in [3.05, 3.63) is 64.7 Å². The first-order valence-electron chi connectivity index (χ1n) is 9.57. The highest BCUT2D eigenvalue weighted by molar-refractivity contribution is 6.33. The molecule has 1 N–H and O–H groups in total. The molecule has 2 aromatic carbocycles. The van der Waals surface area contributed by atoms with Crippen molar-refractivity contribution in [1.29, 1.82) is 0 Å². The Morgan fingerprint density at radius 3 is 2.17 bits per heavy atom. The van der Waals surface area contributed by atoms with Crippen LogP contribution in [0.25, 0.3) is 0 Å². The van der Waals surface area contributed by atoms with E-state index in [2.05, 4.69) is 10.2 Å². The summed E-state index contributed by atoms with van der Waals surface area (Å²) in [5.41, 5.74) is 2.07. The lowest BCUT2D eigenvalue weighted by Crippen LogP contribution is -2.54. The number of hydrogen-bond donors (Lipinski definition) is 1. The number of carbonyl (C=O) groups is 3. The van der Waals surface area contributed by atoms with Crippen molar-refractivity contribution < 1.29 is 14.4 Å². The summed E-state index contributed by atoms with van der Waals surface area (Å²) in [5.74, 6) is -0.433. The number of rotatable bonds is 5. The Kier molecular flexibility index (Phi) is 6.54. The second-order valence-electron chi connectivity index (χ2n) is 7.09. The van der Waals surface area contributed by atoms with Crippen molar-refractivity contribution in [1.82, 2.24) is 10.2 Å².